The predicted molar refractivity (Wildman–Crippen MR) is 230 cm³/mol. The highest BCUT2D eigenvalue weighted by molar-refractivity contribution is 5.87. The molecule has 0 spiro atoms. The zero-order valence-corrected chi connectivity index (χ0v) is 35.1. The number of nitrogens with zero attached hydrogens (tertiary/aromatic N) is 4. The number of aromatic amines is 2. The summed E-state index contributed by atoms with van der Waals surface area (Å²) in [5.74, 6) is 0.733. The minimum Gasteiger partial charge on any atom is -0.449 e. The van der Waals surface area contributed by atoms with Crippen molar-refractivity contribution in [2.75, 3.05) is 26.2 Å². The van der Waals surface area contributed by atoms with Crippen LogP contribution in [0.15, 0.2) is 86.2 Å². The van der Waals surface area contributed by atoms with E-state index in [1.54, 1.807) is 29.4 Å². The molecule has 6 rings (SSSR count). The van der Waals surface area contributed by atoms with Gasteiger partial charge in [0, 0.05) is 19.6 Å². The van der Waals surface area contributed by atoms with Gasteiger partial charge in [-0.2, -0.15) is 0 Å². The molecule has 2 aliphatic rings. The number of H-pyrrole nitrogens is 2. The molecule has 0 aliphatic carbocycles. The van der Waals surface area contributed by atoms with Gasteiger partial charge >= 0.3 is 12.2 Å². The highest BCUT2D eigenvalue weighted by Gasteiger charge is 2.39. The van der Waals surface area contributed by atoms with E-state index in [4.69, 9.17) is 14.5 Å². The minimum atomic E-state index is -0.901. The Hall–Kier alpha value is -6.18. The zero-order chi connectivity index (χ0) is 42.8. The quantitative estimate of drug-likeness (QED) is 0.0611. The molecular weight excluding hydrogens is 761 g/mol. The van der Waals surface area contributed by atoms with E-state index in [2.05, 4.69) is 75.1 Å². The van der Waals surface area contributed by atoms with Gasteiger partial charge in [0.2, 0.25) is 5.91 Å². The molecule has 2 fully saturated rings. The van der Waals surface area contributed by atoms with E-state index in [0.29, 0.717) is 44.1 Å². The van der Waals surface area contributed by atoms with Crippen LogP contribution < -0.4 is 10.6 Å². The molecule has 4 aromatic rings. The third kappa shape index (κ3) is 10.3. The van der Waals surface area contributed by atoms with E-state index in [1.807, 2.05) is 44.7 Å². The van der Waals surface area contributed by atoms with Crippen LogP contribution in [0.3, 0.4) is 0 Å². The fourth-order valence-electron chi connectivity index (χ4n) is 7.78. The van der Waals surface area contributed by atoms with Gasteiger partial charge in [-0.05, 0) is 72.6 Å². The van der Waals surface area contributed by atoms with Crippen LogP contribution in [0.1, 0.15) is 90.0 Å². The van der Waals surface area contributed by atoms with Gasteiger partial charge in [-0.1, -0.05) is 88.4 Å². The van der Waals surface area contributed by atoms with Crippen LogP contribution in [0, 0.1) is 11.8 Å². The Balaban J connectivity index is 1.07. The molecule has 0 bridgehead atoms. The molecule has 2 aromatic carbocycles. The first-order valence-electron chi connectivity index (χ1n) is 21.0. The Morgan fingerprint density at radius 1 is 0.733 bits per heavy atom. The maximum absolute atomic E-state index is 13.7. The Bertz CT molecular complexity index is 1960. The lowest BCUT2D eigenvalue weighted by Crippen LogP contribution is -2.51. The summed E-state index contributed by atoms with van der Waals surface area (Å²) in [7, 11) is 0. The maximum atomic E-state index is 13.7. The molecule has 2 aromatic heterocycles. The van der Waals surface area contributed by atoms with Crippen molar-refractivity contribution in [2.45, 2.75) is 90.4 Å². The third-order valence-electron chi connectivity index (χ3n) is 11.1. The summed E-state index contributed by atoms with van der Waals surface area (Å²) in [6.45, 7) is 16.6. The largest absolute Gasteiger partial charge is 0.449 e. The van der Waals surface area contributed by atoms with Crippen molar-refractivity contribution in [1.29, 1.82) is 0 Å². The SMILES string of the molecule is C=CCCNC(=O)O[C@H](C(=O)N1CCC[C@H]1c1ncc(-c2ccc(-c3ccc(-c4cnc(C5CCCN5C(=O)[C@@H](NC(=O)OCCC=C)C(C)C)[nH]4)cc3)cc2)[nH]1)C(C)C. The van der Waals surface area contributed by atoms with E-state index in [0.717, 1.165) is 59.3 Å². The van der Waals surface area contributed by atoms with Gasteiger partial charge in [0.25, 0.3) is 5.91 Å². The smallest absolute Gasteiger partial charge is 0.407 e. The van der Waals surface area contributed by atoms with Crippen LogP contribution in [0.25, 0.3) is 33.6 Å². The standard InChI is InChI=1S/C46H58N8O6/c1-7-9-23-47-45(57)60-40(30(5)6)44(56)54-25-12-14-38(54)42-49-28-36(51-42)34-21-17-32(18-22-34)31-15-19-33(20-16-31)35-27-48-41(50-35)37-13-11-24-53(37)43(55)39(29(3)4)52-46(58)59-26-10-8-2/h7-8,15-22,27-30,37-40H,1-2,9-14,23-26H2,3-6H3,(H,47,57)(H,48,50)(H,49,51)(H,52,58)/t37?,38-,39-,40-/m0/s1. The van der Waals surface area contributed by atoms with Crippen LogP contribution in [0.2, 0.25) is 0 Å². The van der Waals surface area contributed by atoms with Crippen LogP contribution in [-0.2, 0) is 19.1 Å². The number of carbonyl (C=O) groups excluding carboxylic acids is 4. The Labute approximate surface area is 352 Å². The van der Waals surface area contributed by atoms with Gasteiger partial charge in [0.1, 0.15) is 17.7 Å². The molecular formula is C46H58N8O6. The lowest BCUT2D eigenvalue weighted by atomic mass is 10.0. The second-order valence-electron chi connectivity index (χ2n) is 16.1. The number of rotatable bonds is 17. The van der Waals surface area contributed by atoms with Crippen molar-refractivity contribution in [3.05, 3.63) is 97.9 Å². The van der Waals surface area contributed by atoms with E-state index in [1.165, 1.54) is 0 Å². The van der Waals surface area contributed by atoms with Crippen molar-refractivity contribution in [1.82, 2.24) is 40.4 Å². The molecule has 0 radical (unpaired) electrons. The molecule has 4 N–H and O–H groups in total. The predicted octanol–water partition coefficient (Wildman–Crippen LogP) is 8.11. The lowest BCUT2D eigenvalue weighted by molar-refractivity contribution is -0.143. The van der Waals surface area contributed by atoms with Gasteiger partial charge in [0.05, 0.1) is 42.5 Å². The average molecular weight is 819 g/mol. The van der Waals surface area contributed by atoms with Crippen LogP contribution in [0.4, 0.5) is 9.59 Å². The maximum Gasteiger partial charge on any atom is 0.407 e. The number of nitrogens with one attached hydrogen (secondary N) is 4. The molecule has 2 saturated heterocycles. The summed E-state index contributed by atoms with van der Waals surface area (Å²) in [4.78, 5) is 72.2. The average Bonchev–Trinajstić information content (AvgIpc) is 4.09. The number of carbonyl (C=O) groups is 4. The van der Waals surface area contributed by atoms with E-state index >= 15 is 0 Å². The first-order valence-corrected chi connectivity index (χ1v) is 21.0. The van der Waals surface area contributed by atoms with Crippen molar-refractivity contribution < 1.29 is 28.7 Å². The van der Waals surface area contributed by atoms with Gasteiger partial charge in [0.15, 0.2) is 6.10 Å². The molecule has 0 saturated carbocycles. The number of hydrogen-bond donors (Lipinski definition) is 4. The minimum absolute atomic E-state index is 0.127. The van der Waals surface area contributed by atoms with Crippen molar-refractivity contribution in [3.8, 4) is 33.6 Å². The molecule has 60 heavy (non-hydrogen) atoms. The summed E-state index contributed by atoms with van der Waals surface area (Å²) < 4.78 is 10.8. The van der Waals surface area contributed by atoms with Gasteiger partial charge < -0.3 is 39.9 Å². The summed E-state index contributed by atoms with van der Waals surface area (Å²) in [6, 6.07) is 15.3. The van der Waals surface area contributed by atoms with Crippen LogP contribution >= 0.6 is 0 Å². The van der Waals surface area contributed by atoms with Crippen LogP contribution in [-0.4, -0.2) is 92.1 Å². The molecule has 1 unspecified atom stereocenters. The van der Waals surface area contributed by atoms with Crippen molar-refractivity contribution >= 4 is 24.0 Å². The number of aromatic nitrogens is 4. The Morgan fingerprint density at radius 3 is 1.72 bits per heavy atom. The zero-order valence-electron chi connectivity index (χ0n) is 35.1. The lowest BCUT2D eigenvalue weighted by Gasteiger charge is -2.30. The van der Waals surface area contributed by atoms with Crippen LogP contribution in [0.5, 0.6) is 0 Å². The molecule has 2 aliphatic heterocycles. The number of amides is 4. The molecule has 318 valence electrons. The molecule has 14 heteroatoms. The summed E-state index contributed by atoms with van der Waals surface area (Å²) in [5.41, 5.74) is 5.73. The third-order valence-corrected chi connectivity index (χ3v) is 11.1. The number of hydrogen-bond acceptors (Lipinski definition) is 8. The monoisotopic (exact) mass is 818 g/mol. The summed E-state index contributed by atoms with van der Waals surface area (Å²) in [6.07, 6.45) is 9.21. The summed E-state index contributed by atoms with van der Waals surface area (Å²) in [5, 5.41) is 5.45. The van der Waals surface area contributed by atoms with E-state index < -0.39 is 24.3 Å². The Morgan fingerprint density at radius 2 is 1.23 bits per heavy atom. The highest BCUT2D eigenvalue weighted by atomic mass is 16.6. The highest BCUT2D eigenvalue weighted by Crippen LogP contribution is 2.35. The first-order chi connectivity index (χ1) is 29.0. The molecule has 4 heterocycles. The fraction of sp³-hybridized carbons (Fsp3) is 0.435. The fourth-order valence-corrected chi connectivity index (χ4v) is 7.78. The molecule has 4 amide bonds. The van der Waals surface area contributed by atoms with E-state index in [-0.39, 0.29) is 42.3 Å². The van der Waals surface area contributed by atoms with Gasteiger partial charge in [-0.25, -0.2) is 19.6 Å². The molecule has 14 nitrogen and oxygen atoms in total. The number of likely N-dealkylation sites (tertiary alicyclic amines) is 2. The van der Waals surface area contributed by atoms with Gasteiger partial charge in [-0.15, -0.1) is 13.2 Å². The van der Waals surface area contributed by atoms with Crippen molar-refractivity contribution in [3.63, 3.8) is 0 Å². The normalized spacial score (nSPS) is 17.4. The second-order valence-corrected chi connectivity index (χ2v) is 16.1. The number of alkyl carbamates (subject to hydrolysis) is 2. The number of ether oxygens (including phenoxy) is 2. The number of benzene rings is 2. The first kappa shape index (κ1) is 43.4. The molecule has 4 atom stereocenters. The second kappa shape index (κ2) is 20.2. The summed E-state index contributed by atoms with van der Waals surface area (Å²) >= 11 is 0. The topological polar surface area (TPSA) is 175 Å². The van der Waals surface area contributed by atoms with Gasteiger partial charge in [-0.3, -0.25) is 9.59 Å². The van der Waals surface area contributed by atoms with E-state index in [9.17, 15) is 19.2 Å². The van der Waals surface area contributed by atoms with Crippen molar-refractivity contribution in [2.24, 2.45) is 11.8 Å². The number of imidazole rings is 2. The Kier molecular flexibility index (Phi) is 14.6.